The second kappa shape index (κ2) is 5.24. The van der Waals surface area contributed by atoms with Gasteiger partial charge in [-0.2, -0.15) is 0 Å². The Morgan fingerprint density at radius 3 is 2.80 bits per heavy atom. The van der Waals surface area contributed by atoms with Crippen LogP contribution in [0.25, 0.3) is 0 Å². The largest absolute Gasteiger partial charge is 0.339 e. The standard InChI is InChI=1S/C8H16N4O2S/c1-12-6-8(10-7-12)15(13,14)11-5-3-2-4-9/h6-7,11H,2-5,9H2,1H3. The molecule has 15 heavy (non-hydrogen) atoms. The quantitative estimate of drug-likeness (QED) is 0.643. The third-order valence-electron chi connectivity index (χ3n) is 1.88. The number of imidazole rings is 1. The lowest BCUT2D eigenvalue weighted by Crippen LogP contribution is -2.25. The van der Waals surface area contributed by atoms with Crippen LogP contribution in [0.4, 0.5) is 0 Å². The van der Waals surface area contributed by atoms with Gasteiger partial charge in [0.2, 0.25) is 0 Å². The van der Waals surface area contributed by atoms with Crippen molar-refractivity contribution < 1.29 is 8.42 Å². The molecule has 1 rings (SSSR count). The topological polar surface area (TPSA) is 90.0 Å². The Bertz CT molecular complexity index is 399. The van der Waals surface area contributed by atoms with E-state index in [1.807, 2.05) is 0 Å². The van der Waals surface area contributed by atoms with Crippen molar-refractivity contribution in [2.45, 2.75) is 17.9 Å². The third kappa shape index (κ3) is 3.61. The van der Waals surface area contributed by atoms with Crippen LogP contribution in [0.3, 0.4) is 0 Å². The van der Waals surface area contributed by atoms with Gasteiger partial charge < -0.3 is 10.3 Å². The minimum Gasteiger partial charge on any atom is -0.339 e. The normalized spacial score (nSPS) is 11.9. The van der Waals surface area contributed by atoms with Gasteiger partial charge in [-0.1, -0.05) is 0 Å². The first-order valence-corrected chi connectivity index (χ1v) is 6.22. The summed E-state index contributed by atoms with van der Waals surface area (Å²) in [5.74, 6) is 0. The van der Waals surface area contributed by atoms with E-state index in [0.717, 1.165) is 12.8 Å². The lowest BCUT2D eigenvalue weighted by Gasteiger charge is -2.02. The Morgan fingerprint density at radius 2 is 2.27 bits per heavy atom. The van der Waals surface area contributed by atoms with E-state index < -0.39 is 10.0 Å². The van der Waals surface area contributed by atoms with Crippen LogP contribution >= 0.6 is 0 Å². The number of hydrogen-bond donors (Lipinski definition) is 2. The molecular formula is C8H16N4O2S. The Kier molecular flexibility index (Phi) is 4.25. The summed E-state index contributed by atoms with van der Waals surface area (Å²) in [5.41, 5.74) is 5.30. The SMILES string of the molecule is Cn1cnc(S(=O)(=O)NCCCCN)c1. The highest BCUT2D eigenvalue weighted by molar-refractivity contribution is 7.89. The average molecular weight is 232 g/mol. The van der Waals surface area contributed by atoms with Crippen molar-refractivity contribution in [1.82, 2.24) is 14.3 Å². The van der Waals surface area contributed by atoms with Gasteiger partial charge in [0.1, 0.15) is 0 Å². The molecule has 0 saturated heterocycles. The van der Waals surface area contributed by atoms with Crippen LogP contribution in [0.1, 0.15) is 12.8 Å². The lowest BCUT2D eigenvalue weighted by molar-refractivity contribution is 0.574. The first kappa shape index (κ1) is 12.2. The highest BCUT2D eigenvalue weighted by atomic mass is 32.2. The van der Waals surface area contributed by atoms with E-state index in [-0.39, 0.29) is 5.03 Å². The molecule has 7 heteroatoms. The first-order chi connectivity index (χ1) is 7.06. The molecule has 0 fully saturated rings. The minimum absolute atomic E-state index is 0.0535. The van der Waals surface area contributed by atoms with Gasteiger partial charge in [-0.3, -0.25) is 0 Å². The fourth-order valence-electron chi connectivity index (χ4n) is 1.08. The maximum absolute atomic E-state index is 11.6. The van der Waals surface area contributed by atoms with Crippen molar-refractivity contribution in [2.24, 2.45) is 12.8 Å². The fourth-order valence-corrected chi connectivity index (χ4v) is 2.13. The Labute approximate surface area is 89.5 Å². The van der Waals surface area contributed by atoms with Gasteiger partial charge in [-0.25, -0.2) is 18.1 Å². The van der Waals surface area contributed by atoms with E-state index in [1.54, 1.807) is 11.6 Å². The van der Waals surface area contributed by atoms with E-state index >= 15 is 0 Å². The zero-order chi connectivity index (χ0) is 11.3. The van der Waals surface area contributed by atoms with Crippen molar-refractivity contribution in [1.29, 1.82) is 0 Å². The number of sulfonamides is 1. The number of hydrogen-bond acceptors (Lipinski definition) is 4. The number of aryl methyl sites for hydroxylation is 1. The molecule has 0 amide bonds. The van der Waals surface area contributed by atoms with E-state index in [2.05, 4.69) is 9.71 Å². The smallest absolute Gasteiger partial charge is 0.259 e. The fraction of sp³-hybridized carbons (Fsp3) is 0.625. The molecular weight excluding hydrogens is 216 g/mol. The number of unbranched alkanes of at least 4 members (excludes halogenated alkanes) is 1. The van der Waals surface area contributed by atoms with Crippen molar-refractivity contribution in [3.63, 3.8) is 0 Å². The van der Waals surface area contributed by atoms with E-state index in [0.29, 0.717) is 13.1 Å². The number of nitrogens with two attached hydrogens (primary N) is 1. The Hall–Kier alpha value is -0.920. The van der Waals surface area contributed by atoms with Crippen LogP contribution in [-0.4, -0.2) is 31.1 Å². The zero-order valence-electron chi connectivity index (χ0n) is 8.68. The van der Waals surface area contributed by atoms with Crippen LogP contribution in [0, 0.1) is 0 Å². The molecule has 86 valence electrons. The highest BCUT2D eigenvalue weighted by Crippen LogP contribution is 2.03. The molecule has 0 aliphatic heterocycles. The second-order valence-corrected chi connectivity index (χ2v) is 4.98. The van der Waals surface area contributed by atoms with Gasteiger partial charge in [0, 0.05) is 19.8 Å². The molecule has 6 nitrogen and oxygen atoms in total. The number of nitrogens with zero attached hydrogens (tertiary/aromatic N) is 2. The van der Waals surface area contributed by atoms with Crippen LogP contribution in [-0.2, 0) is 17.1 Å². The maximum atomic E-state index is 11.6. The summed E-state index contributed by atoms with van der Waals surface area (Å²) in [6, 6.07) is 0. The molecule has 0 atom stereocenters. The molecule has 1 aromatic heterocycles. The molecule has 0 saturated carbocycles. The summed E-state index contributed by atoms with van der Waals surface area (Å²) in [7, 11) is -1.72. The van der Waals surface area contributed by atoms with Gasteiger partial charge in [0.15, 0.2) is 5.03 Å². The number of aromatic nitrogens is 2. The first-order valence-electron chi connectivity index (χ1n) is 4.74. The van der Waals surface area contributed by atoms with Gasteiger partial charge in [-0.05, 0) is 19.4 Å². The van der Waals surface area contributed by atoms with Crippen LogP contribution in [0.2, 0.25) is 0 Å². The molecule has 0 spiro atoms. The summed E-state index contributed by atoms with van der Waals surface area (Å²) in [5, 5.41) is 0.0535. The molecule has 1 aromatic rings. The second-order valence-electron chi connectivity index (χ2n) is 3.27. The molecule has 0 bridgehead atoms. The van der Waals surface area contributed by atoms with E-state index in [9.17, 15) is 8.42 Å². The molecule has 0 aliphatic rings. The van der Waals surface area contributed by atoms with Gasteiger partial charge >= 0.3 is 0 Å². The van der Waals surface area contributed by atoms with Gasteiger partial charge in [0.25, 0.3) is 10.0 Å². The van der Waals surface area contributed by atoms with Crippen molar-refractivity contribution >= 4 is 10.0 Å². The van der Waals surface area contributed by atoms with Gasteiger partial charge in [0.05, 0.1) is 6.33 Å². The van der Waals surface area contributed by atoms with Crippen molar-refractivity contribution in [2.75, 3.05) is 13.1 Å². The highest BCUT2D eigenvalue weighted by Gasteiger charge is 2.15. The van der Waals surface area contributed by atoms with Gasteiger partial charge in [-0.15, -0.1) is 0 Å². The monoisotopic (exact) mass is 232 g/mol. The molecule has 0 radical (unpaired) electrons. The summed E-state index contributed by atoms with van der Waals surface area (Å²) in [6.45, 7) is 0.974. The molecule has 0 unspecified atom stereocenters. The van der Waals surface area contributed by atoms with Crippen LogP contribution in [0.5, 0.6) is 0 Å². The van der Waals surface area contributed by atoms with E-state index in [1.165, 1.54) is 12.5 Å². The molecule has 1 heterocycles. The van der Waals surface area contributed by atoms with Crippen molar-refractivity contribution in [3.8, 4) is 0 Å². The summed E-state index contributed by atoms with van der Waals surface area (Å²) < 4.78 is 27.2. The zero-order valence-corrected chi connectivity index (χ0v) is 9.50. The van der Waals surface area contributed by atoms with Crippen LogP contribution < -0.4 is 10.5 Å². The van der Waals surface area contributed by atoms with Crippen molar-refractivity contribution in [3.05, 3.63) is 12.5 Å². The minimum atomic E-state index is -3.44. The molecule has 3 N–H and O–H groups in total. The predicted molar refractivity (Wildman–Crippen MR) is 56.7 cm³/mol. The number of nitrogens with one attached hydrogen (secondary N) is 1. The third-order valence-corrected chi connectivity index (χ3v) is 3.23. The predicted octanol–water partition coefficient (Wildman–Crippen LogP) is -0.563. The summed E-state index contributed by atoms with van der Waals surface area (Å²) in [4.78, 5) is 3.77. The summed E-state index contributed by atoms with van der Waals surface area (Å²) in [6.07, 6.45) is 4.47. The summed E-state index contributed by atoms with van der Waals surface area (Å²) >= 11 is 0. The Balaban J connectivity index is 2.53. The lowest BCUT2D eigenvalue weighted by atomic mass is 10.3. The Morgan fingerprint density at radius 1 is 1.53 bits per heavy atom. The average Bonchev–Trinajstić information content (AvgIpc) is 2.60. The van der Waals surface area contributed by atoms with Crippen LogP contribution in [0.15, 0.2) is 17.6 Å². The number of rotatable bonds is 6. The van der Waals surface area contributed by atoms with E-state index in [4.69, 9.17) is 5.73 Å². The molecule has 0 aromatic carbocycles. The molecule has 0 aliphatic carbocycles. The maximum Gasteiger partial charge on any atom is 0.259 e.